The third kappa shape index (κ3) is 5.61. The lowest BCUT2D eigenvalue weighted by Gasteiger charge is -2.15. The minimum Gasteiger partial charge on any atom is -0.495 e. The van der Waals surface area contributed by atoms with E-state index >= 15 is 0 Å². The summed E-state index contributed by atoms with van der Waals surface area (Å²) < 4.78 is 5.15. The number of rotatable bonds is 6. The van der Waals surface area contributed by atoms with E-state index in [4.69, 9.17) is 4.74 Å². The lowest BCUT2D eigenvalue weighted by molar-refractivity contribution is 0.163. The Bertz CT molecular complexity index is 407. The second-order valence-electron chi connectivity index (χ2n) is 4.73. The molecule has 1 rings (SSSR count). The second kappa shape index (κ2) is 7.63. The first-order chi connectivity index (χ1) is 9.02. The summed E-state index contributed by atoms with van der Waals surface area (Å²) in [5, 5.41) is 14.8. The van der Waals surface area contributed by atoms with Crippen molar-refractivity contribution >= 4 is 11.7 Å². The SMILES string of the molecule is COc1ccccc1NC(=O)NC[C@@H](C)C[C@H](C)O. The smallest absolute Gasteiger partial charge is 0.319 e. The molecule has 0 saturated heterocycles. The standard InChI is InChI=1S/C14H22N2O3/c1-10(8-11(2)17)9-15-14(18)16-12-6-4-5-7-13(12)19-3/h4-7,10-11,17H,8-9H2,1-3H3,(H2,15,16,18)/t10-,11-/m0/s1. The summed E-state index contributed by atoms with van der Waals surface area (Å²) in [4.78, 5) is 11.7. The zero-order chi connectivity index (χ0) is 14.3. The predicted molar refractivity (Wildman–Crippen MR) is 75.5 cm³/mol. The van der Waals surface area contributed by atoms with Crippen LogP contribution in [0.3, 0.4) is 0 Å². The summed E-state index contributed by atoms with van der Waals surface area (Å²) in [5.74, 6) is 0.845. The van der Waals surface area contributed by atoms with Gasteiger partial charge in [0.1, 0.15) is 5.75 Å². The molecule has 1 aromatic carbocycles. The maximum absolute atomic E-state index is 11.7. The van der Waals surface area contributed by atoms with Gasteiger partial charge in [-0.15, -0.1) is 0 Å². The van der Waals surface area contributed by atoms with Gasteiger partial charge in [0.05, 0.1) is 18.9 Å². The molecular formula is C14H22N2O3. The van der Waals surface area contributed by atoms with Gasteiger partial charge in [-0.05, 0) is 31.4 Å². The molecule has 0 aliphatic carbocycles. The Hall–Kier alpha value is -1.75. The van der Waals surface area contributed by atoms with E-state index in [1.165, 1.54) is 0 Å². The number of nitrogens with one attached hydrogen (secondary N) is 2. The number of amides is 2. The lowest BCUT2D eigenvalue weighted by Crippen LogP contribution is -2.33. The van der Waals surface area contributed by atoms with Crippen molar-refractivity contribution < 1.29 is 14.6 Å². The van der Waals surface area contributed by atoms with E-state index in [1.807, 2.05) is 19.1 Å². The highest BCUT2D eigenvalue weighted by Crippen LogP contribution is 2.22. The minimum atomic E-state index is -0.353. The van der Waals surface area contributed by atoms with Crippen molar-refractivity contribution in [3.05, 3.63) is 24.3 Å². The molecule has 0 aliphatic rings. The number of benzene rings is 1. The van der Waals surface area contributed by atoms with Gasteiger partial charge in [0.2, 0.25) is 0 Å². The third-order valence-electron chi connectivity index (χ3n) is 2.71. The Kier molecular flexibility index (Phi) is 6.15. The number of anilines is 1. The Morgan fingerprint density at radius 2 is 2.05 bits per heavy atom. The van der Waals surface area contributed by atoms with Crippen LogP contribution in [0.2, 0.25) is 0 Å². The van der Waals surface area contributed by atoms with Crippen LogP contribution in [-0.4, -0.2) is 30.9 Å². The van der Waals surface area contributed by atoms with Crippen LogP contribution >= 0.6 is 0 Å². The highest BCUT2D eigenvalue weighted by Gasteiger charge is 2.09. The topological polar surface area (TPSA) is 70.6 Å². The molecule has 0 heterocycles. The molecule has 5 nitrogen and oxygen atoms in total. The molecule has 5 heteroatoms. The Labute approximate surface area is 114 Å². The monoisotopic (exact) mass is 266 g/mol. The van der Waals surface area contributed by atoms with Crippen molar-refractivity contribution in [3.63, 3.8) is 0 Å². The van der Waals surface area contributed by atoms with Crippen molar-refractivity contribution in [3.8, 4) is 5.75 Å². The quantitative estimate of drug-likeness (QED) is 0.739. The fourth-order valence-corrected chi connectivity index (χ4v) is 1.85. The number of carbonyl (C=O) groups is 1. The van der Waals surface area contributed by atoms with Crippen LogP contribution in [0.25, 0.3) is 0 Å². The van der Waals surface area contributed by atoms with Gasteiger partial charge in [-0.3, -0.25) is 0 Å². The van der Waals surface area contributed by atoms with E-state index in [0.717, 1.165) is 0 Å². The molecule has 3 N–H and O–H groups in total. The van der Waals surface area contributed by atoms with Gasteiger partial charge in [-0.1, -0.05) is 19.1 Å². The maximum atomic E-state index is 11.7. The van der Waals surface area contributed by atoms with Gasteiger partial charge >= 0.3 is 6.03 Å². The van der Waals surface area contributed by atoms with Crippen molar-refractivity contribution in [2.75, 3.05) is 19.0 Å². The average molecular weight is 266 g/mol. The van der Waals surface area contributed by atoms with Crippen LogP contribution in [0.4, 0.5) is 10.5 Å². The van der Waals surface area contributed by atoms with Gasteiger partial charge < -0.3 is 20.5 Å². The third-order valence-corrected chi connectivity index (χ3v) is 2.71. The first kappa shape index (κ1) is 15.3. The summed E-state index contributed by atoms with van der Waals surface area (Å²) in [6.07, 6.45) is 0.309. The van der Waals surface area contributed by atoms with Crippen molar-refractivity contribution in [1.82, 2.24) is 5.32 Å². The molecule has 19 heavy (non-hydrogen) atoms. The number of aliphatic hydroxyl groups is 1. The van der Waals surface area contributed by atoms with E-state index in [-0.39, 0.29) is 18.1 Å². The van der Waals surface area contributed by atoms with Crippen LogP contribution in [0.15, 0.2) is 24.3 Å². The van der Waals surface area contributed by atoms with E-state index in [0.29, 0.717) is 24.4 Å². The summed E-state index contributed by atoms with van der Waals surface area (Å²) in [5.41, 5.74) is 0.630. The summed E-state index contributed by atoms with van der Waals surface area (Å²) in [6, 6.07) is 6.95. The molecule has 0 bridgehead atoms. The zero-order valence-electron chi connectivity index (χ0n) is 11.6. The Morgan fingerprint density at radius 1 is 1.37 bits per heavy atom. The van der Waals surface area contributed by atoms with E-state index in [9.17, 15) is 9.90 Å². The largest absolute Gasteiger partial charge is 0.495 e. The number of carbonyl (C=O) groups excluding carboxylic acids is 1. The van der Waals surface area contributed by atoms with Crippen LogP contribution in [0.5, 0.6) is 5.75 Å². The Morgan fingerprint density at radius 3 is 2.68 bits per heavy atom. The fourth-order valence-electron chi connectivity index (χ4n) is 1.85. The van der Waals surface area contributed by atoms with Gasteiger partial charge in [0.25, 0.3) is 0 Å². The summed E-state index contributed by atoms with van der Waals surface area (Å²) in [6.45, 7) is 4.24. The highest BCUT2D eigenvalue weighted by molar-refractivity contribution is 5.90. The predicted octanol–water partition coefficient (Wildman–Crippen LogP) is 2.22. The molecular weight excluding hydrogens is 244 g/mol. The van der Waals surface area contributed by atoms with E-state index in [1.54, 1.807) is 26.2 Å². The fraction of sp³-hybridized carbons (Fsp3) is 0.500. The highest BCUT2D eigenvalue weighted by atomic mass is 16.5. The lowest BCUT2D eigenvalue weighted by atomic mass is 10.1. The molecule has 0 radical (unpaired) electrons. The first-order valence-corrected chi connectivity index (χ1v) is 6.39. The summed E-state index contributed by atoms with van der Waals surface area (Å²) in [7, 11) is 1.56. The van der Waals surface area contributed by atoms with Gasteiger partial charge in [0.15, 0.2) is 0 Å². The maximum Gasteiger partial charge on any atom is 0.319 e. The minimum absolute atomic E-state index is 0.225. The van der Waals surface area contributed by atoms with Crippen molar-refractivity contribution in [2.24, 2.45) is 5.92 Å². The Balaban J connectivity index is 2.43. The first-order valence-electron chi connectivity index (χ1n) is 6.39. The van der Waals surface area contributed by atoms with E-state index in [2.05, 4.69) is 10.6 Å². The van der Waals surface area contributed by atoms with Crippen molar-refractivity contribution in [2.45, 2.75) is 26.4 Å². The van der Waals surface area contributed by atoms with Crippen LogP contribution in [0.1, 0.15) is 20.3 Å². The molecule has 0 saturated carbocycles. The van der Waals surface area contributed by atoms with Crippen LogP contribution in [0, 0.1) is 5.92 Å². The van der Waals surface area contributed by atoms with Gasteiger partial charge in [0, 0.05) is 6.54 Å². The number of methoxy groups -OCH3 is 1. The molecule has 106 valence electrons. The molecule has 2 amide bonds. The number of ether oxygens (including phenoxy) is 1. The number of hydrogen-bond donors (Lipinski definition) is 3. The van der Waals surface area contributed by atoms with Crippen LogP contribution < -0.4 is 15.4 Å². The number of urea groups is 1. The van der Waals surface area contributed by atoms with Gasteiger partial charge in [-0.25, -0.2) is 4.79 Å². The normalized spacial score (nSPS) is 13.5. The van der Waals surface area contributed by atoms with E-state index < -0.39 is 0 Å². The summed E-state index contributed by atoms with van der Waals surface area (Å²) >= 11 is 0. The number of hydrogen-bond acceptors (Lipinski definition) is 3. The number of para-hydroxylation sites is 2. The second-order valence-corrected chi connectivity index (χ2v) is 4.73. The van der Waals surface area contributed by atoms with Crippen LogP contribution in [-0.2, 0) is 0 Å². The van der Waals surface area contributed by atoms with Gasteiger partial charge in [-0.2, -0.15) is 0 Å². The molecule has 2 atom stereocenters. The molecule has 0 aromatic heterocycles. The zero-order valence-corrected chi connectivity index (χ0v) is 11.6. The number of aliphatic hydroxyl groups excluding tert-OH is 1. The molecule has 0 spiro atoms. The molecule has 0 aliphatic heterocycles. The average Bonchev–Trinajstić information content (AvgIpc) is 2.36. The van der Waals surface area contributed by atoms with Crippen molar-refractivity contribution in [1.29, 1.82) is 0 Å². The molecule has 0 fully saturated rings. The molecule has 0 unspecified atom stereocenters. The molecule has 1 aromatic rings.